The van der Waals surface area contributed by atoms with Crippen molar-refractivity contribution in [1.29, 1.82) is 0 Å². The fraction of sp³-hybridized carbons (Fsp3) is 1.00. The maximum Gasteiger partial charge on any atom is 0.209 e. The van der Waals surface area contributed by atoms with Crippen LogP contribution in [0.5, 0.6) is 0 Å². The summed E-state index contributed by atoms with van der Waals surface area (Å²) in [4.78, 5) is 0. The molecule has 1 N–H and O–H groups in total. The first-order chi connectivity index (χ1) is 7.83. The van der Waals surface area contributed by atoms with Gasteiger partial charge in [-0.25, -0.2) is 13.1 Å². The van der Waals surface area contributed by atoms with E-state index in [0.717, 1.165) is 32.1 Å². The van der Waals surface area contributed by atoms with Gasteiger partial charge in [0.05, 0.1) is 6.26 Å². The Kier molecular flexibility index (Phi) is 8.05. The number of sulfonamides is 1. The molecule has 0 radical (unpaired) electrons. The first-order valence-corrected chi connectivity index (χ1v) is 8.71. The van der Waals surface area contributed by atoms with Crippen molar-refractivity contribution in [3.63, 3.8) is 0 Å². The summed E-state index contributed by atoms with van der Waals surface area (Å²) < 4.78 is 25.6. The van der Waals surface area contributed by atoms with Crippen molar-refractivity contribution in [2.75, 3.05) is 6.26 Å². The van der Waals surface area contributed by atoms with E-state index in [1.165, 1.54) is 25.5 Å². The van der Waals surface area contributed by atoms with Crippen LogP contribution in [0, 0.1) is 0 Å². The standard InChI is InChI=1S/C13H29NO2S/c1-5-7-9-10-12-13(3,11-8-6-2)14-17(4,15)16/h14H,5-12H2,1-4H3. The summed E-state index contributed by atoms with van der Waals surface area (Å²) >= 11 is 0. The molecule has 0 amide bonds. The molecular formula is C13H29NO2S. The van der Waals surface area contributed by atoms with Crippen LogP contribution in [0.3, 0.4) is 0 Å². The molecule has 0 aromatic rings. The van der Waals surface area contributed by atoms with Crippen LogP contribution in [-0.2, 0) is 10.0 Å². The third kappa shape index (κ3) is 9.60. The van der Waals surface area contributed by atoms with Gasteiger partial charge in [-0.2, -0.15) is 0 Å². The lowest BCUT2D eigenvalue weighted by molar-refractivity contribution is 0.336. The SMILES string of the molecule is CCCCCCC(C)(CCCC)NS(C)(=O)=O. The molecular weight excluding hydrogens is 234 g/mol. The van der Waals surface area contributed by atoms with Crippen LogP contribution in [0.1, 0.15) is 72.1 Å². The molecule has 1 unspecified atom stereocenters. The maximum absolute atomic E-state index is 11.4. The van der Waals surface area contributed by atoms with E-state index in [1.54, 1.807) is 0 Å². The average Bonchev–Trinajstić information content (AvgIpc) is 2.19. The summed E-state index contributed by atoms with van der Waals surface area (Å²) in [7, 11) is -3.10. The minimum absolute atomic E-state index is 0.253. The fourth-order valence-electron chi connectivity index (χ4n) is 2.18. The molecule has 0 aliphatic rings. The zero-order valence-corrected chi connectivity index (χ0v) is 12.7. The third-order valence-corrected chi connectivity index (χ3v) is 3.96. The Bertz CT molecular complexity index is 288. The van der Waals surface area contributed by atoms with E-state index in [-0.39, 0.29) is 5.54 Å². The molecule has 0 saturated carbocycles. The summed E-state index contributed by atoms with van der Waals surface area (Å²) in [6.45, 7) is 6.36. The molecule has 0 heterocycles. The summed E-state index contributed by atoms with van der Waals surface area (Å²) in [6, 6.07) is 0. The number of hydrogen-bond donors (Lipinski definition) is 1. The van der Waals surface area contributed by atoms with Gasteiger partial charge in [0, 0.05) is 5.54 Å². The Morgan fingerprint density at radius 2 is 1.47 bits per heavy atom. The van der Waals surface area contributed by atoms with Crippen LogP contribution in [0.15, 0.2) is 0 Å². The average molecular weight is 263 g/mol. The molecule has 3 nitrogen and oxygen atoms in total. The Hall–Kier alpha value is -0.0900. The van der Waals surface area contributed by atoms with Crippen molar-refractivity contribution in [1.82, 2.24) is 4.72 Å². The van der Waals surface area contributed by atoms with Crippen molar-refractivity contribution in [3.8, 4) is 0 Å². The van der Waals surface area contributed by atoms with Crippen molar-refractivity contribution < 1.29 is 8.42 Å². The van der Waals surface area contributed by atoms with Gasteiger partial charge in [0.25, 0.3) is 0 Å². The van der Waals surface area contributed by atoms with Crippen LogP contribution in [0.2, 0.25) is 0 Å². The zero-order valence-electron chi connectivity index (χ0n) is 11.9. The molecule has 0 aromatic heterocycles. The van der Waals surface area contributed by atoms with Gasteiger partial charge in [0.15, 0.2) is 0 Å². The fourth-order valence-corrected chi connectivity index (χ4v) is 3.28. The first kappa shape index (κ1) is 16.9. The molecule has 0 spiro atoms. The van der Waals surface area contributed by atoms with Gasteiger partial charge in [0.2, 0.25) is 10.0 Å². The van der Waals surface area contributed by atoms with E-state index in [9.17, 15) is 8.42 Å². The lowest BCUT2D eigenvalue weighted by Gasteiger charge is -2.30. The van der Waals surface area contributed by atoms with Crippen LogP contribution in [0.4, 0.5) is 0 Å². The number of hydrogen-bond acceptors (Lipinski definition) is 2. The number of unbranched alkanes of at least 4 members (excludes halogenated alkanes) is 4. The summed E-state index contributed by atoms with van der Waals surface area (Å²) in [5, 5.41) is 0. The highest BCUT2D eigenvalue weighted by atomic mass is 32.2. The van der Waals surface area contributed by atoms with Crippen LogP contribution in [0.25, 0.3) is 0 Å². The van der Waals surface area contributed by atoms with Gasteiger partial charge >= 0.3 is 0 Å². The van der Waals surface area contributed by atoms with E-state index in [4.69, 9.17) is 0 Å². The number of rotatable bonds is 10. The van der Waals surface area contributed by atoms with E-state index in [0.29, 0.717) is 0 Å². The molecule has 0 saturated heterocycles. The Morgan fingerprint density at radius 3 is 1.94 bits per heavy atom. The molecule has 0 fully saturated rings. The van der Waals surface area contributed by atoms with Crippen molar-refractivity contribution >= 4 is 10.0 Å². The minimum atomic E-state index is -3.10. The molecule has 0 aliphatic carbocycles. The highest BCUT2D eigenvalue weighted by Gasteiger charge is 2.26. The molecule has 4 heteroatoms. The van der Waals surface area contributed by atoms with Crippen LogP contribution >= 0.6 is 0 Å². The van der Waals surface area contributed by atoms with Gasteiger partial charge < -0.3 is 0 Å². The van der Waals surface area contributed by atoms with Gasteiger partial charge in [-0.3, -0.25) is 0 Å². The molecule has 0 bridgehead atoms. The Balaban J connectivity index is 4.28. The molecule has 1 atom stereocenters. The van der Waals surface area contributed by atoms with Crippen LogP contribution in [-0.4, -0.2) is 20.2 Å². The van der Waals surface area contributed by atoms with Gasteiger partial charge in [-0.05, 0) is 19.8 Å². The highest BCUT2D eigenvalue weighted by molar-refractivity contribution is 7.88. The van der Waals surface area contributed by atoms with Crippen molar-refractivity contribution in [2.24, 2.45) is 0 Å². The maximum atomic E-state index is 11.4. The minimum Gasteiger partial charge on any atom is -0.213 e. The molecule has 0 rings (SSSR count). The largest absolute Gasteiger partial charge is 0.213 e. The third-order valence-electron chi connectivity index (χ3n) is 3.10. The highest BCUT2D eigenvalue weighted by Crippen LogP contribution is 2.22. The predicted octanol–water partition coefficient (Wildman–Crippen LogP) is 3.45. The van der Waals surface area contributed by atoms with Gasteiger partial charge in [0.1, 0.15) is 0 Å². The predicted molar refractivity (Wildman–Crippen MR) is 74.7 cm³/mol. The van der Waals surface area contributed by atoms with E-state index in [2.05, 4.69) is 18.6 Å². The normalized spacial score (nSPS) is 15.8. The second-order valence-electron chi connectivity index (χ2n) is 5.35. The molecule has 104 valence electrons. The Labute approximate surface area is 107 Å². The monoisotopic (exact) mass is 263 g/mol. The van der Waals surface area contributed by atoms with E-state index < -0.39 is 10.0 Å². The molecule has 0 aromatic carbocycles. The van der Waals surface area contributed by atoms with E-state index in [1.807, 2.05) is 6.92 Å². The second kappa shape index (κ2) is 8.09. The van der Waals surface area contributed by atoms with Crippen LogP contribution < -0.4 is 4.72 Å². The lowest BCUT2D eigenvalue weighted by Crippen LogP contribution is -2.45. The molecule has 0 aliphatic heterocycles. The summed E-state index contributed by atoms with van der Waals surface area (Å²) in [5.74, 6) is 0. The quantitative estimate of drug-likeness (QED) is 0.614. The topological polar surface area (TPSA) is 46.2 Å². The van der Waals surface area contributed by atoms with Gasteiger partial charge in [-0.1, -0.05) is 52.4 Å². The van der Waals surface area contributed by atoms with Crippen molar-refractivity contribution in [3.05, 3.63) is 0 Å². The summed E-state index contributed by atoms with van der Waals surface area (Å²) in [5.41, 5.74) is -0.253. The molecule has 17 heavy (non-hydrogen) atoms. The van der Waals surface area contributed by atoms with E-state index >= 15 is 0 Å². The lowest BCUT2D eigenvalue weighted by atomic mass is 9.90. The first-order valence-electron chi connectivity index (χ1n) is 6.82. The smallest absolute Gasteiger partial charge is 0.209 e. The Morgan fingerprint density at radius 1 is 0.941 bits per heavy atom. The van der Waals surface area contributed by atoms with Gasteiger partial charge in [-0.15, -0.1) is 0 Å². The zero-order chi connectivity index (χ0) is 13.4. The number of nitrogens with one attached hydrogen (secondary N) is 1. The second-order valence-corrected chi connectivity index (χ2v) is 7.10. The van der Waals surface area contributed by atoms with Crippen molar-refractivity contribution in [2.45, 2.75) is 77.7 Å². The summed E-state index contributed by atoms with van der Waals surface area (Å²) in [6.07, 6.45) is 10.1.